The van der Waals surface area contributed by atoms with Crippen molar-refractivity contribution in [2.45, 2.75) is 26.2 Å². The molecule has 1 aromatic carbocycles. The van der Waals surface area contributed by atoms with Crippen LogP contribution in [0.25, 0.3) is 0 Å². The molecule has 0 unspecified atom stereocenters. The van der Waals surface area contributed by atoms with Gasteiger partial charge in [-0.1, -0.05) is 19.8 Å². The van der Waals surface area contributed by atoms with Gasteiger partial charge in [-0.2, -0.15) is 10.5 Å². The van der Waals surface area contributed by atoms with Gasteiger partial charge in [-0.05, 0) is 30.7 Å². The molecule has 3 nitrogen and oxygen atoms in total. The van der Waals surface area contributed by atoms with Crippen LogP contribution in [-0.4, -0.2) is 6.54 Å². The Morgan fingerprint density at radius 1 is 1.12 bits per heavy atom. The Labute approximate surface area is 96.5 Å². The van der Waals surface area contributed by atoms with E-state index in [1.807, 2.05) is 12.1 Å². The van der Waals surface area contributed by atoms with Gasteiger partial charge in [0.25, 0.3) is 0 Å². The van der Waals surface area contributed by atoms with Crippen molar-refractivity contribution in [1.82, 2.24) is 0 Å². The van der Waals surface area contributed by atoms with E-state index in [4.69, 9.17) is 10.5 Å². The molecular formula is C13H15N3. The molecule has 16 heavy (non-hydrogen) atoms. The zero-order valence-corrected chi connectivity index (χ0v) is 9.48. The molecule has 1 aromatic rings. The number of nitrogens with zero attached hydrogens (tertiary/aromatic N) is 3. The molecule has 0 heterocycles. The SMILES string of the molecule is CCCCCN(C#N)c1ccc(C#N)cc1. The van der Waals surface area contributed by atoms with E-state index in [-0.39, 0.29) is 0 Å². The minimum Gasteiger partial charge on any atom is -0.279 e. The van der Waals surface area contributed by atoms with Crippen LogP contribution in [0.5, 0.6) is 0 Å². The third kappa shape index (κ3) is 3.29. The fourth-order valence-electron chi connectivity index (χ4n) is 1.47. The van der Waals surface area contributed by atoms with Gasteiger partial charge >= 0.3 is 0 Å². The maximum atomic E-state index is 9.02. The Morgan fingerprint density at radius 3 is 2.31 bits per heavy atom. The summed E-state index contributed by atoms with van der Waals surface area (Å²) in [5, 5.41) is 17.7. The van der Waals surface area contributed by atoms with E-state index in [0.29, 0.717) is 5.56 Å². The molecule has 0 aliphatic heterocycles. The fraction of sp³-hybridized carbons (Fsp3) is 0.385. The molecule has 0 saturated heterocycles. The second-order valence-electron chi connectivity index (χ2n) is 3.62. The van der Waals surface area contributed by atoms with Gasteiger partial charge < -0.3 is 0 Å². The molecule has 0 amide bonds. The third-order valence-electron chi connectivity index (χ3n) is 2.41. The van der Waals surface area contributed by atoms with E-state index in [1.165, 1.54) is 0 Å². The molecule has 0 fully saturated rings. The van der Waals surface area contributed by atoms with Gasteiger partial charge in [-0.15, -0.1) is 0 Å². The van der Waals surface area contributed by atoms with Crippen molar-refractivity contribution in [3.63, 3.8) is 0 Å². The summed E-state index contributed by atoms with van der Waals surface area (Å²) < 4.78 is 0. The van der Waals surface area contributed by atoms with Gasteiger partial charge in [-0.25, -0.2) is 0 Å². The standard InChI is InChI=1S/C13H15N3/c1-2-3-4-9-16(11-15)13-7-5-12(10-14)6-8-13/h5-8H,2-4,9H2,1H3. The molecule has 0 aromatic heterocycles. The normalized spacial score (nSPS) is 9.19. The Morgan fingerprint density at radius 2 is 1.81 bits per heavy atom. The predicted molar refractivity (Wildman–Crippen MR) is 63.6 cm³/mol. The minimum atomic E-state index is 0.621. The van der Waals surface area contributed by atoms with E-state index >= 15 is 0 Å². The van der Waals surface area contributed by atoms with E-state index < -0.39 is 0 Å². The Bertz CT molecular complexity index is 395. The van der Waals surface area contributed by atoms with Crippen molar-refractivity contribution in [3.05, 3.63) is 29.8 Å². The summed E-state index contributed by atoms with van der Waals surface area (Å²) in [6.45, 7) is 2.88. The van der Waals surface area contributed by atoms with Crippen LogP contribution in [0.15, 0.2) is 24.3 Å². The molecule has 0 bridgehead atoms. The average molecular weight is 213 g/mol. The zero-order valence-electron chi connectivity index (χ0n) is 9.48. The first-order valence-corrected chi connectivity index (χ1v) is 5.49. The fourth-order valence-corrected chi connectivity index (χ4v) is 1.47. The molecule has 0 spiro atoms. The number of rotatable bonds is 5. The van der Waals surface area contributed by atoms with E-state index in [2.05, 4.69) is 19.2 Å². The minimum absolute atomic E-state index is 0.621. The highest BCUT2D eigenvalue weighted by molar-refractivity contribution is 5.52. The first-order chi connectivity index (χ1) is 7.81. The summed E-state index contributed by atoms with van der Waals surface area (Å²) in [5.74, 6) is 0. The Balaban J connectivity index is 2.65. The molecule has 0 saturated carbocycles. The highest BCUT2D eigenvalue weighted by Gasteiger charge is 2.04. The average Bonchev–Trinajstić information content (AvgIpc) is 2.35. The molecule has 82 valence electrons. The molecule has 3 heteroatoms. The smallest absolute Gasteiger partial charge is 0.184 e. The number of unbranched alkanes of at least 4 members (excludes halogenated alkanes) is 2. The topological polar surface area (TPSA) is 50.8 Å². The lowest BCUT2D eigenvalue weighted by molar-refractivity contribution is 0.717. The summed E-state index contributed by atoms with van der Waals surface area (Å²) in [6, 6.07) is 9.16. The molecule has 0 radical (unpaired) electrons. The van der Waals surface area contributed by atoms with Gasteiger partial charge in [0.15, 0.2) is 6.19 Å². The van der Waals surface area contributed by atoms with Gasteiger partial charge in [0, 0.05) is 6.54 Å². The van der Waals surface area contributed by atoms with Crippen molar-refractivity contribution >= 4 is 5.69 Å². The van der Waals surface area contributed by atoms with Crippen LogP contribution in [0.3, 0.4) is 0 Å². The van der Waals surface area contributed by atoms with Gasteiger partial charge in [0.2, 0.25) is 0 Å². The van der Waals surface area contributed by atoms with Crippen LogP contribution in [0.4, 0.5) is 5.69 Å². The number of hydrogen-bond donors (Lipinski definition) is 0. The van der Waals surface area contributed by atoms with Crippen LogP contribution in [0, 0.1) is 22.8 Å². The lowest BCUT2D eigenvalue weighted by Crippen LogP contribution is -2.17. The summed E-state index contributed by atoms with van der Waals surface area (Å²) in [7, 11) is 0. The van der Waals surface area contributed by atoms with E-state index in [1.54, 1.807) is 17.0 Å². The summed E-state index contributed by atoms with van der Waals surface area (Å²) in [5.41, 5.74) is 1.48. The second-order valence-corrected chi connectivity index (χ2v) is 3.62. The molecule has 0 atom stereocenters. The van der Waals surface area contributed by atoms with Crippen LogP contribution >= 0.6 is 0 Å². The van der Waals surface area contributed by atoms with E-state index in [9.17, 15) is 0 Å². The monoisotopic (exact) mass is 213 g/mol. The predicted octanol–water partition coefficient (Wildman–Crippen LogP) is 3.04. The zero-order chi connectivity index (χ0) is 11.8. The van der Waals surface area contributed by atoms with Crippen LogP contribution in [0.2, 0.25) is 0 Å². The first kappa shape index (κ1) is 12.1. The summed E-state index contributed by atoms with van der Waals surface area (Å²) in [6.07, 6.45) is 5.46. The van der Waals surface area contributed by atoms with Crippen LogP contribution in [-0.2, 0) is 0 Å². The Kier molecular flexibility index (Phi) is 4.89. The van der Waals surface area contributed by atoms with E-state index in [0.717, 1.165) is 31.5 Å². The van der Waals surface area contributed by atoms with Crippen molar-refractivity contribution < 1.29 is 0 Å². The molecular weight excluding hydrogens is 198 g/mol. The quantitative estimate of drug-likeness (QED) is 0.429. The van der Waals surface area contributed by atoms with Crippen molar-refractivity contribution in [3.8, 4) is 12.3 Å². The molecule has 1 rings (SSSR count). The largest absolute Gasteiger partial charge is 0.279 e. The number of anilines is 1. The van der Waals surface area contributed by atoms with Crippen molar-refractivity contribution in [1.29, 1.82) is 10.5 Å². The summed E-state index contributed by atoms with van der Waals surface area (Å²) >= 11 is 0. The molecule has 0 aliphatic rings. The second kappa shape index (κ2) is 6.48. The first-order valence-electron chi connectivity index (χ1n) is 5.49. The van der Waals surface area contributed by atoms with Gasteiger partial charge in [0.05, 0.1) is 17.3 Å². The number of benzene rings is 1. The Hall–Kier alpha value is -2.00. The highest BCUT2D eigenvalue weighted by Crippen LogP contribution is 2.15. The molecule has 0 N–H and O–H groups in total. The van der Waals surface area contributed by atoms with Gasteiger partial charge in [-0.3, -0.25) is 4.90 Å². The van der Waals surface area contributed by atoms with Crippen LogP contribution < -0.4 is 4.90 Å². The maximum absolute atomic E-state index is 9.02. The van der Waals surface area contributed by atoms with Gasteiger partial charge in [0.1, 0.15) is 0 Å². The lowest BCUT2D eigenvalue weighted by atomic mass is 10.2. The molecule has 0 aliphatic carbocycles. The van der Waals surface area contributed by atoms with Crippen molar-refractivity contribution in [2.24, 2.45) is 0 Å². The lowest BCUT2D eigenvalue weighted by Gasteiger charge is -2.15. The van der Waals surface area contributed by atoms with Crippen molar-refractivity contribution in [2.75, 3.05) is 11.4 Å². The summed E-state index contributed by atoms with van der Waals surface area (Å²) in [4.78, 5) is 1.66. The highest BCUT2D eigenvalue weighted by atomic mass is 15.1. The maximum Gasteiger partial charge on any atom is 0.184 e. The third-order valence-corrected chi connectivity index (χ3v) is 2.41. The van der Waals surface area contributed by atoms with Crippen LogP contribution in [0.1, 0.15) is 31.7 Å². The number of nitriles is 2. The number of hydrogen-bond acceptors (Lipinski definition) is 3.